The Hall–Kier alpha value is -2.42. The maximum atomic E-state index is 13.4. The van der Waals surface area contributed by atoms with Gasteiger partial charge in [0.25, 0.3) is 0 Å². The van der Waals surface area contributed by atoms with Gasteiger partial charge in [-0.3, -0.25) is 9.59 Å². The predicted molar refractivity (Wildman–Crippen MR) is 81.2 cm³/mol. The van der Waals surface area contributed by atoms with Crippen LogP contribution in [0.15, 0.2) is 35.4 Å². The molecule has 0 saturated heterocycles. The van der Waals surface area contributed by atoms with E-state index in [9.17, 15) is 14.0 Å². The molecule has 0 unspecified atom stereocenters. The summed E-state index contributed by atoms with van der Waals surface area (Å²) in [6.07, 6.45) is 1.70. The Morgan fingerprint density at radius 3 is 2.87 bits per heavy atom. The van der Waals surface area contributed by atoms with Crippen LogP contribution >= 0.6 is 11.8 Å². The zero-order chi connectivity index (χ0) is 16.7. The first-order valence-corrected chi connectivity index (χ1v) is 7.78. The van der Waals surface area contributed by atoms with Gasteiger partial charge in [0.2, 0.25) is 5.91 Å². The molecular formula is C14H15FN4O3S. The average Bonchev–Trinajstić information content (AvgIpc) is 2.94. The Morgan fingerprint density at radius 1 is 1.35 bits per heavy atom. The lowest BCUT2D eigenvalue weighted by molar-refractivity contribution is -0.138. The minimum Gasteiger partial charge on any atom is -0.480 e. The quantitative estimate of drug-likeness (QED) is 0.704. The molecule has 9 heteroatoms. The molecule has 0 fully saturated rings. The number of carboxylic acid groups (broad SMARTS) is 1. The number of halogens is 1. The molecular weight excluding hydrogens is 323 g/mol. The van der Waals surface area contributed by atoms with Crippen molar-refractivity contribution in [3.05, 3.63) is 42.0 Å². The van der Waals surface area contributed by atoms with E-state index in [1.54, 1.807) is 18.2 Å². The SMILES string of the molecule is O=C(O)Cn1cc(CNC(=O)CCSc2ccccc2F)nn1. The van der Waals surface area contributed by atoms with Crippen molar-refractivity contribution in [1.29, 1.82) is 0 Å². The van der Waals surface area contributed by atoms with Crippen molar-refractivity contribution in [2.75, 3.05) is 5.75 Å². The Kier molecular flexibility index (Phi) is 6.10. The lowest BCUT2D eigenvalue weighted by Crippen LogP contribution is -2.23. The van der Waals surface area contributed by atoms with Gasteiger partial charge in [0.1, 0.15) is 18.1 Å². The Morgan fingerprint density at radius 2 is 2.13 bits per heavy atom. The monoisotopic (exact) mass is 338 g/mol. The van der Waals surface area contributed by atoms with Crippen molar-refractivity contribution in [2.24, 2.45) is 0 Å². The van der Waals surface area contributed by atoms with Crippen molar-refractivity contribution in [3.63, 3.8) is 0 Å². The number of aliphatic carboxylic acids is 1. The number of amides is 1. The van der Waals surface area contributed by atoms with Crippen LogP contribution in [-0.4, -0.2) is 37.7 Å². The number of aromatic nitrogens is 3. The van der Waals surface area contributed by atoms with Gasteiger partial charge in [0, 0.05) is 17.1 Å². The number of thioether (sulfide) groups is 1. The fraction of sp³-hybridized carbons (Fsp3) is 0.286. The molecule has 1 aromatic heterocycles. The molecule has 2 rings (SSSR count). The maximum Gasteiger partial charge on any atom is 0.325 e. The molecule has 0 spiro atoms. The minimum atomic E-state index is -1.02. The van der Waals surface area contributed by atoms with Crippen LogP contribution in [0.4, 0.5) is 4.39 Å². The van der Waals surface area contributed by atoms with Gasteiger partial charge >= 0.3 is 5.97 Å². The number of carbonyl (C=O) groups is 2. The zero-order valence-corrected chi connectivity index (χ0v) is 12.9. The van der Waals surface area contributed by atoms with Crippen LogP contribution in [0.2, 0.25) is 0 Å². The van der Waals surface area contributed by atoms with E-state index in [4.69, 9.17) is 5.11 Å². The fourth-order valence-electron chi connectivity index (χ4n) is 1.73. The summed E-state index contributed by atoms with van der Waals surface area (Å²) >= 11 is 1.27. The standard InChI is InChI=1S/C14H15FN4O3S/c15-11-3-1-2-4-12(11)23-6-5-13(20)16-7-10-8-19(18-17-10)9-14(21)22/h1-4,8H,5-7,9H2,(H,16,20)(H,21,22). The van der Waals surface area contributed by atoms with Crippen molar-refractivity contribution in [3.8, 4) is 0 Å². The second kappa shape index (κ2) is 8.28. The molecule has 2 N–H and O–H groups in total. The van der Waals surface area contributed by atoms with E-state index < -0.39 is 5.97 Å². The van der Waals surface area contributed by atoms with Crippen LogP contribution in [0.3, 0.4) is 0 Å². The number of carbonyl (C=O) groups excluding carboxylic acids is 1. The summed E-state index contributed by atoms with van der Waals surface area (Å²) in [5.74, 6) is -1.05. The summed E-state index contributed by atoms with van der Waals surface area (Å²) in [6.45, 7) is -0.108. The Balaban J connectivity index is 1.70. The highest BCUT2D eigenvalue weighted by Crippen LogP contribution is 2.21. The Bertz CT molecular complexity index is 692. The minimum absolute atomic E-state index is 0.169. The number of rotatable bonds is 8. The normalized spacial score (nSPS) is 10.5. The molecule has 0 aliphatic carbocycles. The van der Waals surface area contributed by atoms with Gasteiger partial charge in [-0.15, -0.1) is 16.9 Å². The van der Waals surface area contributed by atoms with Gasteiger partial charge in [-0.25, -0.2) is 9.07 Å². The third-order valence-corrected chi connectivity index (χ3v) is 3.82. The zero-order valence-electron chi connectivity index (χ0n) is 12.1. The summed E-state index contributed by atoms with van der Waals surface area (Å²) < 4.78 is 14.6. The van der Waals surface area contributed by atoms with Crippen LogP contribution in [0.1, 0.15) is 12.1 Å². The molecule has 0 aliphatic heterocycles. The molecule has 0 saturated carbocycles. The summed E-state index contributed by atoms with van der Waals surface area (Å²) in [5, 5.41) is 18.7. The third kappa shape index (κ3) is 5.70. The van der Waals surface area contributed by atoms with E-state index in [-0.39, 0.29) is 31.2 Å². The molecule has 0 radical (unpaired) electrons. The van der Waals surface area contributed by atoms with E-state index in [2.05, 4.69) is 15.6 Å². The molecule has 0 atom stereocenters. The van der Waals surface area contributed by atoms with Crippen LogP contribution in [0.25, 0.3) is 0 Å². The molecule has 1 aromatic carbocycles. The van der Waals surface area contributed by atoms with Crippen LogP contribution in [0.5, 0.6) is 0 Å². The first-order valence-electron chi connectivity index (χ1n) is 6.79. The Labute approximate surface area is 135 Å². The second-order valence-corrected chi connectivity index (χ2v) is 5.74. The lowest BCUT2D eigenvalue weighted by atomic mass is 10.3. The summed E-state index contributed by atoms with van der Waals surface area (Å²) in [6, 6.07) is 6.40. The molecule has 23 heavy (non-hydrogen) atoms. The van der Waals surface area contributed by atoms with Crippen LogP contribution in [0, 0.1) is 5.82 Å². The molecule has 0 aliphatic rings. The van der Waals surface area contributed by atoms with Gasteiger partial charge < -0.3 is 10.4 Å². The molecule has 2 aromatic rings. The molecule has 7 nitrogen and oxygen atoms in total. The topological polar surface area (TPSA) is 97.1 Å². The van der Waals surface area contributed by atoms with Gasteiger partial charge in [-0.05, 0) is 12.1 Å². The predicted octanol–water partition coefficient (Wildman–Crippen LogP) is 1.30. The van der Waals surface area contributed by atoms with Crippen LogP contribution < -0.4 is 5.32 Å². The van der Waals surface area contributed by atoms with Crippen molar-refractivity contribution >= 4 is 23.6 Å². The summed E-state index contributed by atoms with van der Waals surface area (Å²) in [5.41, 5.74) is 0.473. The maximum absolute atomic E-state index is 13.4. The van der Waals surface area contributed by atoms with E-state index in [1.807, 2.05) is 0 Å². The number of carboxylic acids is 1. The largest absolute Gasteiger partial charge is 0.480 e. The van der Waals surface area contributed by atoms with Gasteiger partial charge in [-0.2, -0.15) is 0 Å². The van der Waals surface area contributed by atoms with Crippen molar-refractivity contribution in [2.45, 2.75) is 24.4 Å². The first kappa shape index (κ1) is 16.9. The smallest absolute Gasteiger partial charge is 0.325 e. The number of benzene rings is 1. The van der Waals surface area contributed by atoms with Gasteiger partial charge in [0.15, 0.2) is 0 Å². The summed E-state index contributed by atoms with van der Waals surface area (Å²) in [4.78, 5) is 22.7. The third-order valence-electron chi connectivity index (χ3n) is 2.77. The fourth-order valence-corrected chi connectivity index (χ4v) is 2.62. The van der Waals surface area contributed by atoms with E-state index in [1.165, 1.54) is 28.7 Å². The summed E-state index contributed by atoms with van der Waals surface area (Å²) in [7, 11) is 0. The molecule has 122 valence electrons. The molecule has 1 heterocycles. The second-order valence-electron chi connectivity index (χ2n) is 4.61. The molecule has 0 bridgehead atoms. The van der Waals surface area contributed by atoms with Crippen molar-refractivity contribution < 1.29 is 19.1 Å². The van der Waals surface area contributed by atoms with E-state index >= 15 is 0 Å². The number of hydrogen-bond donors (Lipinski definition) is 2. The first-order chi connectivity index (χ1) is 11.0. The van der Waals surface area contributed by atoms with Crippen LogP contribution in [-0.2, 0) is 22.7 Å². The van der Waals surface area contributed by atoms with Gasteiger partial charge in [-0.1, -0.05) is 17.3 Å². The highest BCUT2D eigenvalue weighted by molar-refractivity contribution is 7.99. The van der Waals surface area contributed by atoms with Gasteiger partial charge in [0.05, 0.1) is 12.7 Å². The highest BCUT2D eigenvalue weighted by Gasteiger charge is 2.07. The number of nitrogens with zero attached hydrogens (tertiary/aromatic N) is 3. The number of nitrogens with one attached hydrogen (secondary N) is 1. The average molecular weight is 338 g/mol. The van der Waals surface area contributed by atoms with Crippen molar-refractivity contribution in [1.82, 2.24) is 20.3 Å². The lowest BCUT2D eigenvalue weighted by Gasteiger charge is -2.04. The van der Waals surface area contributed by atoms with E-state index in [0.29, 0.717) is 16.3 Å². The molecule has 1 amide bonds. The number of hydrogen-bond acceptors (Lipinski definition) is 5. The highest BCUT2D eigenvalue weighted by atomic mass is 32.2. The van der Waals surface area contributed by atoms with E-state index in [0.717, 1.165) is 0 Å².